The molecule has 116 valence electrons. The lowest BCUT2D eigenvalue weighted by Crippen LogP contribution is -2.17. The highest BCUT2D eigenvalue weighted by Crippen LogP contribution is 2.36. The van der Waals surface area contributed by atoms with E-state index in [0.29, 0.717) is 11.1 Å². The summed E-state index contributed by atoms with van der Waals surface area (Å²) >= 11 is 0. The highest BCUT2D eigenvalue weighted by molar-refractivity contribution is 6.00. The van der Waals surface area contributed by atoms with Crippen LogP contribution >= 0.6 is 0 Å². The van der Waals surface area contributed by atoms with E-state index in [-0.39, 0.29) is 16.9 Å². The fourth-order valence-electron chi connectivity index (χ4n) is 2.14. The van der Waals surface area contributed by atoms with Gasteiger partial charge in [0.15, 0.2) is 5.84 Å². The number of nitrogens with zero attached hydrogens (tertiary/aromatic N) is 1. The van der Waals surface area contributed by atoms with Crippen LogP contribution in [0.25, 0.3) is 11.1 Å². The van der Waals surface area contributed by atoms with Crippen molar-refractivity contribution >= 4 is 5.84 Å². The number of amidine groups is 1. The van der Waals surface area contributed by atoms with Gasteiger partial charge >= 0.3 is 6.18 Å². The maximum atomic E-state index is 13.0. The molecule has 4 nitrogen and oxygen atoms in total. The zero-order valence-electron chi connectivity index (χ0n) is 11.5. The van der Waals surface area contributed by atoms with Crippen LogP contribution in [0.1, 0.15) is 16.7 Å². The van der Waals surface area contributed by atoms with Crippen molar-refractivity contribution in [3.05, 3.63) is 53.1 Å². The first kappa shape index (κ1) is 15.7. The molecule has 0 fully saturated rings. The molecule has 0 aromatic heterocycles. The molecule has 2 rings (SSSR count). The first-order valence-corrected chi connectivity index (χ1v) is 6.23. The summed E-state index contributed by atoms with van der Waals surface area (Å²) in [6.45, 7) is 1.58. The second kappa shape index (κ2) is 5.59. The molecule has 0 saturated heterocycles. The van der Waals surface area contributed by atoms with Crippen molar-refractivity contribution < 1.29 is 23.5 Å². The van der Waals surface area contributed by atoms with Gasteiger partial charge in [0.05, 0.1) is 5.56 Å². The average molecular weight is 310 g/mol. The summed E-state index contributed by atoms with van der Waals surface area (Å²) in [5.41, 5.74) is 5.78. The molecule has 2 aromatic carbocycles. The summed E-state index contributed by atoms with van der Waals surface area (Å²) in [6.07, 6.45) is -4.57. The number of aromatic hydroxyl groups is 1. The van der Waals surface area contributed by atoms with E-state index in [0.717, 1.165) is 12.1 Å². The van der Waals surface area contributed by atoms with Crippen LogP contribution < -0.4 is 5.73 Å². The maximum Gasteiger partial charge on any atom is 0.416 e. The molecule has 0 amide bonds. The topological polar surface area (TPSA) is 78.8 Å². The van der Waals surface area contributed by atoms with E-state index in [9.17, 15) is 18.3 Å². The number of halogens is 3. The highest BCUT2D eigenvalue weighted by atomic mass is 19.4. The molecule has 0 aliphatic rings. The fraction of sp³-hybridized carbons (Fsp3) is 0.133. The van der Waals surface area contributed by atoms with E-state index >= 15 is 0 Å². The van der Waals surface area contributed by atoms with E-state index in [1.807, 2.05) is 0 Å². The minimum atomic E-state index is -4.57. The molecule has 0 radical (unpaired) electrons. The van der Waals surface area contributed by atoms with Gasteiger partial charge in [-0.15, -0.1) is 0 Å². The van der Waals surface area contributed by atoms with Gasteiger partial charge in [0.25, 0.3) is 0 Å². The summed E-state index contributed by atoms with van der Waals surface area (Å²) < 4.78 is 39.1. The lowest BCUT2D eigenvalue weighted by molar-refractivity contribution is -0.137. The van der Waals surface area contributed by atoms with E-state index in [4.69, 9.17) is 10.9 Å². The number of phenolic OH excluding ortho intramolecular Hbond substituents is 1. The standard InChI is InChI=1S/C15H13F3N2O2/c1-8-12(9-2-4-11(21)5-3-9)6-10(15(16,17)18)7-13(8)14(19)20-22/h2-7,21-22H,1H3,(H2,19,20). The second-order valence-corrected chi connectivity index (χ2v) is 4.73. The van der Waals surface area contributed by atoms with Gasteiger partial charge in [-0.2, -0.15) is 13.2 Å². The van der Waals surface area contributed by atoms with Gasteiger partial charge < -0.3 is 16.0 Å². The summed E-state index contributed by atoms with van der Waals surface area (Å²) in [5.74, 6) is -0.395. The van der Waals surface area contributed by atoms with Crippen LogP contribution in [0.2, 0.25) is 0 Å². The molecule has 22 heavy (non-hydrogen) atoms. The Morgan fingerprint density at radius 3 is 2.23 bits per heavy atom. The van der Waals surface area contributed by atoms with Gasteiger partial charge in [-0.05, 0) is 47.9 Å². The Kier molecular flexibility index (Phi) is 3.99. The molecule has 0 aliphatic heterocycles. The van der Waals surface area contributed by atoms with E-state index in [2.05, 4.69) is 5.16 Å². The Morgan fingerprint density at radius 2 is 1.73 bits per heavy atom. The summed E-state index contributed by atoms with van der Waals surface area (Å²) in [5, 5.41) is 20.8. The Morgan fingerprint density at radius 1 is 1.14 bits per heavy atom. The Bertz CT molecular complexity index is 723. The molecular formula is C15H13F3N2O2. The first-order valence-electron chi connectivity index (χ1n) is 6.23. The Labute approximate surface area is 124 Å². The van der Waals surface area contributed by atoms with Crippen LogP contribution in [0.4, 0.5) is 13.2 Å². The number of nitrogens with two attached hydrogens (primary N) is 1. The van der Waals surface area contributed by atoms with Crippen molar-refractivity contribution in [3.8, 4) is 16.9 Å². The molecule has 0 atom stereocenters. The second-order valence-electron chi connectivity index (χ2n) is 4.73. The number of benzene rings is 2. The maximum absolute atomic E-state index is 13.0. The van der Waals surface area contributed by atoms with Crippen molar-refractivity contribution in [3.63, 3.8) is 0 Å². The lowest BCUT2D eigenvalue weighted by Gasteiger charge is -2.16. The third kappa shape index (κ3) is 2.98. The van der Waals surface area contributed by atoms with Crippen LogP contribution in [0.5, 0.6) is 5.75 Å². The lowest BCUT2D eigenvalue weighted by atomic mass is 9.93. The number of hydrogen-bond donors (Lipinski definition) is 3. The van der Waals surface area contributed by atoms with Gasteiger partial charge in [-0.3, -0.25) is 0 Å². The third-order valence-electron chi connectivity index (χ3n) is 3.30. The minimum absolute atomic E-state index is 0.000370. The van der Waals surface area contributed by atoms with Gasteiger partial charge in [0, 0.05) is 5.56 Å². The van der Waals surface area contributed by atoms with E-state index in [1.165, 1.54) is 24.3 Å². The molecule has 0 spiro atoms. The van der Waals surface area contributed by atoms with Crippen LogP contribution in [-0.4, -0.2) is 16.1 Å². The van der Waals surface area contributed by atoms with E-state index in [1.54, 1.807) is 6.92 Å². The fourth-order valence-corrected chi connectivity index (χ4v) is 2.14. The van der Waals surface area contributed by atoms with Gasteiger partial charge in [-0.1, -0.05) is 17.3 Å². The quantitative estimate of drug-likeness (QED) is 0.344. The van der Waals surface area contributed by atoms with Gasteiger partial charge in [-0.25, -0.2) is 0 Å². The summed E-state index contributed by atoms with van der Waals surface area (Å²) in [4.78, 5) is 0. The van der Waals surface area contributed by atoms with Crippen molar-refractivity contribution in [2.24, 2.45) is 10.9 Å². The van der Waals surface area contributed by atoms with Gasteiger partial charge in [0.2, 0.25) is 0 Å². The van der Waals surface area contributed by atoms with Crippen molar-refractivity contribution in [1.82, 2.24) is 0 Å². The van der Waals surface area contributed by atoms with E-state index < -0.39 is 17.6 Å². The number of rotatable bonds is 2. The van der Waals surface area contributed by atoms with Crippen molar-refractivity contribution in [1.29, 1.82) is 0 Å². The van der Waals surface area contributed by atoms with Crippen LogP contribution in [0, 0.1) is 6.92 Å². The monoisotopic (exact) mass is 310 g/mol. The molecule has 2 aromatic rings. The largest absolute Gasteiger partial charge is 0.508 e. The Balaban J connectivity index is 2.74. The SMILES string of the molecule is Cc1c(C(N)=NO)cc(C(F)(F)F)cc1-c1ccc(O)cc1. The predicted octanol–water partition coefficient (Wildman–Crippen LogP) is 3.48. The van der Waals surface area contributed by atoms with Crippen LogP contribution in [0.15, 0.2) is 41.6 Å². The molecule has 7 heteroatoms. The number of alkyl halides is 3. The van der Waals surface area contributed by atoms with Crippen LogP contribution in [-0.2, 0) is 6.18 Å². The molecule has 4 N–H and O–H groups in total. The zero-order chi connectivity index (χ0) is 16.5. The molecule has 0 unspecified atom stereocenters. The molecular weight excluding hydrogens is 297 g/mol. The van der Waals surface area contributed by atoms with Crippen molar-refractivity contribution in [2.45, 2.75) is 13.1 Å². The Hall–Kier alpha value is -2.70. The molecule has 0 saturated carbocycles. The summed E-state index contributed by atoms with van der Waals surface area (Å²) in [6, 6.07) is 7.57. The predicted molar refractivity (Wildman–Crippen MR) is 75.8 cm³/mol. The third-order valence-corrected chi connectivity index (χ3v) is 3.30. The van der Waals surface area contributed by atoms with Crippen molar-refractivity contribution in [2.75, 3.05) is 0 Å². The first-order chi connectivity index (χ1) is 10.2. The van der Waals surface area contributed by atoms with Crippen LogP contribution in [0.3, 0.4) is 0 Å². The number of hydrogen-bond acceptors (Lipinski definition) is 3. The van der Waals surface area contributed by atoms with Gasteiger partial charge in [0.1, 0.15) is 5.75 Å². The zero-order valence-corrected chi connectivity index (χ0v) is 11.5. The minimum Gasteiger partial charge on any atom is -0.508 e. The highest BCUT2D eigenvalue weighted by Gasteiger charge is 2.32. The number of phenols is 1. The normalized spacial score (nSPS) is 12.5. The molecule has 0 bridgehead atoms. The summed E-state index contributed by atoms with van der Waals surface area (Å²) in [7, 11) is 0. The molecule has 0 heterocycles. The smallest absolute Gasteiger partial charge is 0.416 e. The average Bonchev–Trinajstić information content (AvgIpc) is 2.46. The number of oxime groups is 1. The molecule has 0 aliphatic carbocycles.